The van der Waals surface area contributed by atoms with E-state index in [9.17, 15) is 4.79 Å². The Labute approximate surface area is 164 Å². The molecule has 0 aliphatic carbocycles. The first-order valence-electron chi connectivity index (χ1n) is 9.26. The van der Waals surface area contributed by atoms with Crippen LogP contribution in [0, 0.1) is 5.92 Å². The van der Waals surface area contributed by atoms with Crippen LogP contribution < -0.4 is 21.1 Å². The van der Waals surface area contributed by atoms with Crippen LogP contribution in [0.4, 0.5) is 5.13 Å². The first kappa shape index (κ1) is 20.9. The molecule has 0 radical (unpaired) electrons. The minimum Gasteiger partial charge on any atom is -0.378 e. The van der Waals surface area contributed by atoms with Crippen LogP contribution in [-0.2, 0) is 4.74 Å². The highest BCUT2D eigenvalue weighted by molar-refractivity contribution is 7.80. The maximum atomic E-state index is 12.2. The molecule has 0 bridgehead atoms. The lowest BCUT2D eigenvalue weighted by molar-refractivity contribution is 0.0939. The zero-order valence-electron chi connectivity index (χ0n) is 15.5. The Balaban J connectivity index is 1.72. The van der Waals surface area contributed by atoms with Crippen molar-refractivity contribution in [1.82, 2.24) is 21.2 Å². The molecule has 0 unspecified atom stereocenters. The Bertz CT molecular complexity index is 575. The van der Waals surface area contributed by atoms with Gasteiger partial charge in [0.2, 0.25) is 0 Å². The monoisotopic (exact) mass is 399 g/mol. The number of ether oxygens (including phenoxy) is 1. The van der Waals surface area contributed by atoms with Crippen LogP contribution in [0.25, 0.3) is 0 Å². The average molecular weight is 400 g/mol. The fourth-order valence-electron chi connectivity index (χ4n) is 2.67. The van der Waals surface area contributed by atoms with Crippen LogP contribution in [0.5, 0.6) is 0 Å². The number of thiazole rings is 1. The van der Waals surface area contributed by atoms with Gasteiger partial charge in [0, 0.05) is 25.0 Å². The first-order valence-corrected chi connectivity index (χ1v) is 10.5. The third kappa shape index (κ3) is 6.69. The Morgan fingerprint density at radius 3 is 2.85 bits per heavy atom. The van der Waals surface area contributed by atoms with Crippen molar-refractivity contribution in [3.05, 3.63) is 11.1 Å². The van der Waals surface area contributed by atoms with Crippen molar-refractivity contribution in [3.63, 3.8) is 0 Å². The van der Waals surface area contributed by atoms with E-state index in [0.717, 1.165) is 31.2 Å². The van der Waals surface area contributed by atoms with Crippen LogP contribution in [0.15, 0.2) is 5.38 Å². The van der Waals surface area contributed by atoms with Gasteiger partial charge in [0.1, 0.15) is 5.69 Å². The SMILES string of the molecule is CCCC[C@H](CC)CNC(=S)NNC(=O)c1csc(N2CCOCC2)n1. The van der Waals surface area contributed by atoms with E-state index in [2.05, 4.69) is 39.9 Å². The zero-order valence-corrected chi connectivity index (χ0v) is 17.2. The Morgan fingerprint density at radius 1 is 1.38 bits per heavy atom. The number of amides is 1. The summed E-state index contributed by atoms with van der Waals surface area (Å²) >= 11 is 6.70. The van der Waals surface area contributed by atoms with Crippen LogP contribution >= 0.6 is 23.6 Å². The molecule has 146 valence electrons. The number of rotatable bonds is 8. The number of carbonyl (C=O) groups is 1. The van der Waals surface area contributed by atoms with Crippen molar-refractivity contribution >= 4 is 39.7 Å². The Kier molecular flexibility index (Phi) is 9.07. The van der Waals surface area contributed by atoms with Crippen LogP contribution in [-0.4, -0.2) is 48.9 Å². The number of thiocarbonyl (C=S) groups is 1. The number of aromatic nitrogens is 1. The van der Waals surface area contributed by atoms with Crippen LogP contribution in [0.3, 0.4) is 0 Å². The second kappa shape index (κ2) is 11.3. The maximum absolute atomic E-state index is 12.2. The largest absolute Gasteiger partial charge is 0.378 e. The summed E-state index contributed by atoms with van der Waals surface area (Å²) in [6, 6.07) is 0. The quantitative estimate of drug-likeness (QED) is 0.457. The lowest BCUT2D eigenvalue weighted by Crippen LogP contribution is -2.47. The van der Waals surface area contributed by atoms with E-state index in [-0.39, 0.29) is 5.91 Å². The third-order valence-electron chi connectivity index (χ3n) is 4.39. The van der Waals surface area contributed by atoms with Crippen LogP contribution in [0.2, 0.25) is 0 Å². The fourth-order valence-corrected chi connectivity index (χ4v) is 3.66. The number of nitrogens with one attached hydrogen (secondary N) is 3. The van der Waals surface area contributed by atoms with Gasteiger partial charge in [-0.3, -0.25) is 15.6 Å². The molecule has 0 saturated carbocycles. The Morgan fingerprint density at radius 2 is 2.15 bits per heavy atom. The van der Waals surface area contributed by atoms with Crippen molar-refractivity contribution in [1.29, 1.82) is 0 Å². The van der Waals surface area contributed by atoms with E-state index in [1.54, 1.807) is 5.38 Å². The Hall–Kier alpha value is -1.45. The number of nitrogens with zero attached hydrogens (tertiary/aromatic N) is 2. The van der Waals surface area contributed by atoms with E-state index in [4.69, 9.17) is 17.0 Å². The molecule has 1 amide bonds. The van der Waals surface area contributed by atoms with Crippen molar-refractivity contribution < 1.29 is 9.53 Å². The lowest BCUT2D eigenvalue weighted by atomic mass is 9.99. The summed E-state index contributed by atoms with van der Waals surface area (Å²) in [6.07, 6.45) is 4.74. The number of morpholine rings is 1. The first-order chi connectivity index (χ1) is 12.6. The second-order valence-electron chi connectivity index (χ2n) is 6.32. The van der Waals surface area contributed by atoms with E-state index in [0.29, 0.717) is 29.9 Å². The summed E-state index contributed by atoms with van der Waals surface area (Å²) in [7, 11) is 0. The molecule has 1 fully saturated rings. The standard InChI is InChI=1S/C17H29N5O2S2/c1-3-5-6-13(4-2)11-18-16(25)21-20-15(23)14-12-26-17(19-14)22-7-9-24-10-8-22/h12-13H,3-11H2,1-2H3,(H,20,23)(H2,18,21,25)/t13-/m0/s1. The van der Waals surface area contributed by atoms with Crippen molar-refractivity contribution in [2.45, 2.75) is 39.5 Å². The molecule has 1 aromatic rings. The highest BCUT2D eigenvalue weighted by atomic mass is 32.1. The second-order valence-corrected chi connectivity index (χ2v) is 7.57. The van der Waals surface area contributed by atoms with Gasteiger partial charge in [-0.25, -0.2) is 4.98 Å². The molecule has 1 atom stereocenters. The topological polar surface area (TPSA) is 78.5 Å². The summed E-state index contributed by atoms with van der Waals surface area (Å²) in [5.74, 6) is 0.308. The molecule has 7 nitrogen and oxygen atoms in total. The van der Waals surface area contributed by atoms with Gasteiger partial charge < -0.3 is 15.0 Å². The normalized spacial score (nSPS) is 15.4. The van der Waals surface area contributed by atoms with Crippen molar-refractivity contribution in [3.8, 4) is 0 Å². The number of hydrogen-bond donors (Lipinski definition) is 3. The predicted molar refractivity (Wildman–Crippen MR) is 110 cm³/mol. The molecule has 0 aromatic carbocycles. The molecular formula is C17H29N5O2S2. The molecule has 2 rings (SSSR count). The van der Waals surface area contributed by atoms with Gasteiger partial charge >= 0.3 is 0 Å². The van der Waals surface area contributed by atoms with Gasteiger partial charge in [-0.2, -0.15) is 0 Å². The summed E-state index contributed by atoms with van der Waals surface area (Å²) in [6.45, 7) is 8.20. The van der Waals surface area contributed by atoms with Crippen molar-refractivity contribution in [2.75, 3.05) is 37.7 Å². The molecular weight excluding hydrogens is 370 g/mol. The van der Waals surface area contributed by atoms with Gasteiger partial charge in [-0.15, -0.1) is 11.3 Å². The highest BCUT2D eigenvalue weighted by Gasteiger charge is 2.17. The summed E-state index contributed by atoms with van der Waals surface area (Å²) < 4.78 is 5.33. The molecule has 1 aliphatic rings. The number of anilines is 1. The van der Waals surface area contributed by atoms with Gasteiger partial charge in [-0.1, -0.05) is 33.1 Å². The summed E-state index contributed by atoms with van der Waals surface area (Å²) in [5.41, 5.74) is 5.76. The van der Waals surface area contributed by atoms with E-state index in [1.165, 1.54) is 30.6 Å². The molecule has 9 heteroatoms. The smallest absolute Gasteiger partial charge is 0.289 e. The average Bonchev–Trinajstić information content (AvgIpc) is 3.17. The van der Waals surface area contributed by atoms with E-state index < -0.39 is 0 Å². The molecule has 3 N–H and O–H groups in total. The zero-order chi connectivity index (χ0) is 18.8. The predicted octanol–water partition coefficient (Wildman–Crippen LogP) is 2.31. The molecule has 0 spiro atoms. The number of hydrogen-bond acceptors (Lipinski definition) is 6. The van der Waals surface area contributed by atoms with Gasteiger partial charge in [0.05, 0.1) is 13.2 Å². The molecule has 1 aliphatic heterocycles. The molecule has 1 aromatic heterocycles. The number of hydrazine groups is 1. The lowest BCUT2D eigenvalue weighted by Gasteiger charge is -2.25. The fraction of sp³-hybridized carbons (Fsp3) is 0.706. The molecule has 2 heterocycles. The third-order valence-corrected chi connectivity index (χ3v) is 5.54. The minimum atomic E-state index is -0.289. The minimum absolute atomic E-state index is 0.289. The van der Waals surface area contributed by atoms with E-state index >= 15 is 0 Å². The molecule has 1 saturated heterocycles. The highest BCUT2D eigenvalue weighted by Crippen LogP contribution is 2.21. The van der Waals surface area contributed by atoms with Crippen molar-refractivity contribution in [2.24, 2.45) is 5.92 Å². The summed E-state index contributed by atoms with van der Waals surface area (Å²) in [5, 5.41) is 6.21. The van der Waals surface area contributed by atoms with Gasteiger partial charge in [0.15, 0.2) is 10.2 Å². The number of unbranched alkanes of at least 4 members (excludes halogenated alkanes) is 1. The number of carbonyl (C=O) groups excluding carboxylic acids is 1. The van der Waals surface area contributed by atoms with Gasteiger partial charge in [-0.05, 0) is 24.6 Å². The van der Waals surface area contributed by atoms with E-state index in [1.807, 2.05) is 0 Å². The van der Waals surface area contributed by atoms with Crippen LogP contribution in [0.1, 0.15) is 50.0 Å². The summed E-state index contributed by atoms with van der Waals surface area (Å²) in [4.78, 5) is 18.8. The van der Waals surface area contributed by atoms with Gasteiger partial charge in [0.25, 0.3) is 5.91 Å². The molecule has 26 heavy (non-hydrogen) atoms. The maximum Gasteiger partial charge on any atom is 0.289 e.